The first-order valence-electron chi connectivity index (χ1n) is 10.3. The van der Waals surface area contributed by atoms with Crippen LogP contribution in [0.25, 0.3) is 10.2 Å². The van der Waals surface area contributed by atoms with Gasteiger partial charge in [-0.1, -0.05) is 30.3 Å². The lowest BCUT2D eigenvalue weighted by Gasteiger charge is -2.24. The van der Waals surface area contributed by atoms with Crippen LogP contribution in [0.2, 0.25) is 0 Å². The first kappa shape index (κ1) is 22.4. The van der Waals surface area contributed by atoms with Crippen molar-refractivity contribution in [1.82, 2.24) is 14.5 Å². The van der Waals surface area contributed by atoms with Crippen LogP contribution >= 0.6 is 11.3 Å². The second kappa shape index (κ2) is 9.80. The SMILES string of the molecule is COCCCN(C(=O)c1ccc2ncsc2c1)c1c(N)n(Cc2ccccc2)c(=O)[nH]c1=O. The normalized spacial score (nSPS) is 11.1. The number of amides is 1. The van der Waals surface area contributed by atoms with Crippen molar-refractivity contribution in [2.24, 2.45) is 0 Å². The number of anilines is 2. The van der Waals surface area contributed by atoms with Crippen molar-refractivity contribution in [2.75, 3.05) is 30.9 Å². The van der Waals surface area contributed by atoms with Crippen LogP contribution < -0.4 is 21.9 Å². The molecule has 0 spiro atoms. The zero-order chi connectivity index (χ0) is 23.4. The Morgan fingerprint density at radius 1 is 1.21 bits per heavy atom. The molecule has 170 valence electrons. The van der Waals surface area contributed by atoms with E-state index in [1.54, 1.807) is 30.8 Å². The minimum atomic E-state index is -0.716. The molecule has 33 heavy (non-hydrogen) atoms. The van der Waals surface area contributed by atoms with E-state index >= 15 is 0 Å². The number of nitrogens with zero attached hydrogens (tertiary/aromatic N) is 3. The molecule has 0 radical (unpaired) electrons. The molecule has 0 aliphatic carbocycles. The number of aromatic amines is 1. The zero-order valence-corrected chi connectivity index (χ0v) is 18.8. The van der Waals surface area contributed by atoms with E-state index in [9.17, 15) is 14.4 Å². The molecule has 4 aromatic rings. The summed E-state index contributed by atoms with van der Waals surface area (Å²) in [7, 11) is 1.56. The molecule has 0 aliphatic heterocycles. The van der Waals surface area contributed by atoms with Gasteiger partial charge in [0.2, 0.25) is 0 Å². The standard InChI is InChI=1S/C23H23N5O4S/c1-32-11-5-10-27(22(30)16-8-9-17-18(12-16)33-14-25-17)19-20(24)28(23(31)26-21(19)29)13-15-6-3-2-4-7-15/h2-4,6-9,12,14H,5,10-11,13,24H2,1H3,(H,26,29,31). The highest BCUT2D eigenvalue weighted by atomic mass is 32.1. The number of carbonyl (C=O) groups excluding carboxylic acids is 1. The number of nitrogens with two attached hydrogens (primary N) is 1. The summed E-state index contributed by atoms with van der Waals surface area (Å²) in [6.45, 7) is 0.728. The number of fused-ring (bicyclic) bond motifs is 1. The third-order valence-corrected chi connectivity index (χ3v) is 6.01. The van der Waals surface area contributed by atoms with Gasteiger partial charge in [0.25, 0.3) is 11.5 Å². The molecule has 0 bridgehead atoms. The van der Waals surface area contributed by atoms with E-state index in [-0.39, 0.29) is 24.6 Å². The molecule has 4 rings (SSSR count). The second-order valence-corrected chi connectivity index (χ2v) is 8.29. The van der Waals surface area contributed by atoms with Gasteiger partial charge in [0.05, 0.1) is 22.3 Å². The van der Waals surface area contributed by atoms with Gasteiger partial charge in [0, 0.05) is 25.8 Å². The van der Waals surface area contributed by atoms with E-state index in [0.717, 1.165) is 15.8 Å². The van der Waals surface area contributed by atoms with Crippen LogP contribution in [0.15, 0.2) is 63.6 Å². The average molecular weight is 466 g/mol. The van der Waals surface area contributed by atoms with Crippen molar-refractivity contribution in [3.8, 4) is 0 Å². The van der Waals surface area contributed by atoms with E-state index in [4.69, 9.17) is 10.5 Å². The van der Waals surface area contributed by atoms with Crippen molar-refractivity contribution in [3.63, 3.8) is 0 Å². The van der Waals surface area contributed by atoms with Gasteiger partial charge < -0.3 is 15.4 Å². The first-order valence-corrected chi connectivity index (χ1v) is 11.2. The van der Waals surface area contributed by atoms with Gasteiger partial charge in [-0.25, -0.2) is 9.78 Å². The van der Waals surface area contributed by atoms with E-state index in [1.165, 1.54) is 20.8 Å². The highest BCUT2D eigenvalue weighted by Crippen LogP contribution is 2.24. The van der Waals surface area contributed by atoms with Gasteiger partial charge >= 0.3 is 5.69 Å². The summed E-state index contributed by atoms with van der Waals surface area (Å²) in [5.41, 5.74) is 8.64. The molecule has 3 N–H and O–H groups in total. The Labute approximate surface area is 193 Å². The zero-order valence-electron chi connectivity index (χ0n) is 18.0. The lowest BCUT2D eigenvalue weighted by Crippen LogP contribution is -2.42. The minimum Gasteiger partial charge on any atom is -0.385 e. The number of hydrogen-bond donors (Lipinski definition) is 2. The fraction of sp³-hybridized carbons (Fsp3) is 0.217. The predicted octanol–water partition coefficient (Wildman–Crippen LogP) is 2.46. The Bertz CT molecular complexity index is 1390. The van der Waals surface area contributed by atoms with Gasteiger partial charge in [0.15, 0.2) is 5.69 Å². The third-order valence-electron chi connectivity index (χ3n) is 5.22. The number of aromatic nitrogens is 3. The number of H-pyrrole nitrogens is 1. The van der Waals surface area contributed by atoms with Crippen LogP contribution in [-0.4, -0.2) is 40.7 Å². The van der Waals surface area contributed by atoms with Crippen molar-refractivity contribution in [3.05, 3.63) is 86.0 Å². The Hall–Kier alpha value is -3.76. The number of nitrogens with one attached hydrogen (secondary N) is 1. The second-order valence-electron chi connectivity index (χ2n) is 7.40. The molecule has 10 heteroatoms. The first-order chi connectivity index (χ1) is 16.0. The smallest absolute Gasteiger partial charge is 0.330 e. The van der Waals surface area contributed by atoms with Crippen LogP contribution in [0.1, 0.15) is 22.3 Å². The molecule has 9 nitrogen and oxygen atoms in total. The van der Waals surface area contributed by atoms with E-state index in [2.05, 4.69) is 9.97 Å². The highest BCUT2D eigenvalue weighted by molar-refractivity contribution is 7.16. The summed E-state index contributed by atoms with van der Waals surface area (Å²) in [4.78, 5) is 46.8. The highest BCUT2D eigenvalue weighted by Gasteiger charge is 2.25. The number of hydrogen-bond acceptors (Lipinski definition) is 7. The molecule has 0 fully saturated rings. The number of rotatable bonds is 8. The Morgan fingerprint density at radius 3 is 2.76 bits per heavy atom. The molecule has 0 aliphatic rings. The maximum atomic E-state index is 13.5. The number of ether oxygens (including phenoxy) is 1. The van der Waals surface area contributed by atoms with Gasteiger partial charge in [-0.05, 0) is 30.2 Å². The van der Waals surface area contributed by atoms with Crippen molar-refractivity contribution >= 4 is 39.0 Å². The summed E-state index contributed by atoms with van der Waals surface area (Å²) in [6, 6.07) is 14.4. The van der Waals surface area contributed by atoms with Gasteiger partial charge in [-0.2, -0.15) is 0 Å². The lowest BCUT2D eigenvalue weighted by molar-refractivity contribution is 0.0983. The van der Waals surface area contributed by atoms with Crippen molar-refractivity contribution in [2.45, 2.75) is 13.0 Å². The van der Waals surface area contributed by atoms with E-state index in [1.807, 2.05) is 30.3 Å². The fourth-order valence-corrected chi connectivity index (χ4v) is 4.30. The van der Waals surface area contributed by atoms with Crippen LogP contribution in [0, 0.1) is 0 Å². The van der Waals surface area contributed by atoms with Gasteiger partial charge in [0.1, 0.15) is 5.82 Å². The molecular weight excluding hydrogens is 442 g/mol. The summed E-state index contributed by atoms with van der Waals surface area (Å²) in [6.07, 6.45) is 0.474. The quantitative estimate of drug-likeness (QED) is 0.385. The van der Waals surface area contributed by atoms with Crippen LogP contribution in [0.3, 0.4) is 0 Å². The Morgan fingerprint density at radius 2 is 2.00 bits per heavy atom. The maximum absolute atomic E-state index is 13.5. The number of nitrogen functional groups attached to an aromatic ring is 1. The summed E-state index contributed by atoms with van der Waals surface area (Å²) in [5.74, 6) is -0.472. The van der Waals surface area contributed by atoms with Crippen molar-refractivity contribution < 1.29 is 9.53 Å². The number of carbonyl (C=O) groups is 1. The molecule has 2 aromatic heterocycles. The minimum absolute atomic E-state index is 0.0592. The van der Waals surface area contributed by atoms with Gasteiger partial charge in [-0.3, -0.25) is 19.1 Å². The van der Waals surface area contributed by atoms with E-state index < -0.39 is 17.2 Å². The molecule has 0 saturated carbocycles. The molecular formula is C23H23N5O4S. The molecule has 0 unspecified atom stereocenters. The Balaban J connectivity index is 1.79. The van der Waals surface area contributed by atoms with E-state index in [0.29, 0.717) is 18.6 Å². The van der Waals surface area contributed by atoms with Crippen LogP contribution in [0.4, 0.5) is 11.5 Å². The third kappa shape index (κ3) is 4.71. The van der Waals surface area contributed by atoms with Crippen LogP contribution in [-0.2, 0) is 11.3 Å². The molecule has 2 aromatic carbocycles. The monoisotopic (exact) mass is 465 g/mol. The summed E-state index contributed by atoms with van der Waals surface area (Å²) < 4.78 is 7.24. The molecule has 0 atom stereocenters. The molecule has 1 amide bonds. The maximum Gasteiger partial charge on any atom is 0.330 e. The predicted molar refractivity (Wildman–Crippen MR) is 129 cm³/mol. The average Bonchev–Trinajstić information content (AvgIpc) is 3.29. The lowest BCUT2D eigenvalue weighted by atomic mass is 10.1. The number of benzene rings is 2. The van der Waals surface area contributed by atoms with Crippen molar-refractivity contribution in [1.29, 1.82) is 0 Å². The molecule has 2 heterocycles. The largest absolute Gasteiger partial charge is 0.385 e. The topological polar surface area (TPSA) is 123 Å². The van der Waals surface area contributed by atoms with Crippen LogP contribution in [0.5, 0.6) is 0 Å². The Kier molecular flexibility index (Phi) is 6.66. The summed E-state index contributed by atoms with van der Waals surface area (Å²) >= 11 is 1.42. The summed E-state index contributed by atoms with van der Waals surface area (Å²) in [5, 5.41) is 0. The fourth-order valence-electron chi connectivity index (χ4n) is 3.59. The number of thiazole rings is 1. The molecule has 0 saturated heterocycles. The number of methoxy groups -OCH3 is 1. The van der Waals surface area contributed by atoms with Gasteiger partial charge in [-0.15, -0.1) is 11.3 Å².